The molecule has 0 spiro atoms. The minimum atomic E-state index is -0.0893. The number of aromatic amines is 1. The molecule has 0 bridgehead atoms. The van der Waals surface area contributed by atoms with Crippen LogP contribution in [-0.4, -0.2) is 22.4 Å². The van der Waals surface area contributed by atoms with Crippen molar-refractivity contribution >= 4 is 28.4 Å². The Bertz CT molecular complexity index is 1090. The van der Waals surface area contributed by atoms with Gasteiger partial charge >= 0.3 is 0 Å². The zero-order valence-electron chi connectivity index (χ0n) is 14.6. The van der Waals surface area contributed by atoms with Gasteiger partial charge in [0.25, 0.3) is 5.91 Å². The summed E-state index contributed by atoms with van der Waals surface area (Å²) in [6.07, 6.45) is 4.48. The Morgan fingerprint density at radius 3 is 2.67 bits per heavy atom. The molecule has 0 aliphatic rings. The monoisotopic (exact) mass is 375 g/mol. The Balaban J connectivity index is 1.39. The fourth-order valence-electron chi connectivity index (χ4n) is 3.13. The van der Waals surface area contributed by atoms with Crippen LogP contribution in [0.15, 0.2) is 73.1 Å². The highest BCUT2D eigenvalue weighted by atomic mass is 35.5. The van der Waals surface area contributed by atoms with Crippen LogP contribution in [0.3, 0.4) is 0 Å². The number of halogens is 1. The molecule has 1 amide bonds. The summed E-state index contributed by atoms with van der Waals surface area (Å²) in [6, 6.07) is 19.1. The molecule has 2 heterocycles. The molecule has 2 aromatic carbocycles. The summed E-state index contributed by atoms with van der Waals surface area (Å²) in [4.78, 5) is 19.9. The van der Waals surface area contributed by atoms with E-state index in [9.17, 15) is 4.79 Å². The Morgan fingerprint density at radius 2 is 1.85 bits per heavy atom. The van der Waals surface area contributed by atoms with Crippen LogP contribution >= 0.6 is 11.6 Å². The second-order valence-corrected chi connectivity index (χ2v) is 6.68. The van der Waals surface area contributed by atoms with Crippen molar-refractivity contribution in [3.63, 3.8) is 0 Å². The fraction of sp³-hybridized carbons (Fsp3) is 0.0909. The molecular formula is C22H18ClN3O. The normalized spacial score (nSPS) is 10.9. The number of aromatic nitrogens is 2. The van der Waals surface area contributed by atoms with Gasteiger partial charge in [-0.25, -0.2) is 0 Å². The lowest BCUT2D eigenvalue weighted by molar-refractivity contribution is 0.0954. The number of carbonyl (C=O) groups is 1. The number of H-pyrrole nitrogens is 1. The molecular weight excluding hydrogens is 358 g/mol. The van der Waals surface area contributed by atoms with E-state index in [1.54, 1.807) is 30.5 Å². The van der Waals surface area contributed by atoms with Crippen molar-refractivity contribution in [2.45, 2.75) is 6.42 Å². The van der Waals surface area contributed by atoms with Crippen molar-refractivity contribution in [2.24, 2.45) is 0 Å². The van der Waals surface area contributed by atoms with Crippen LogP contribution in [0.4, 0.5) is 0 Å². The maximum atomic E-state index is 12.4. The third-order valence-corrected chi connectivity index (χ3v) is 4.84. The molecule has 0 aliphatic heterocycles. The largest absolute Gasteiger partial charge is 0.361 e. The van der Waals surface area contributed by atoms with Crippen molar-refractivity contribution in [3.8, 4) is 11.3 Å². The second-order valence-electron chi connectivity index (χ2n) is 6.28. The highest BCUT2D eigenvalue weighted by molar-refractivity contribution is 6.33. The van der Waals surface area contributed by atoms with Gasteiger partial charge in [-0.05, 0) is 42.3 Å². The van der Waals surface area contributed by atoms with E-state index >= 15 is 0 Å². The number of hydrogen-bond acceptors (Lipinski definition) is 2. The van der Waals surface area contributed by atoms with Crippen molar-refractivity contribution in [2.75, 3.05) is 6.54 Å². The lowest BCUT2D eigenvalue weighted by Gasteiger charge is -2.07. The van der Waals surface area contributed by atoms with Crippen LogP contribution in [0.25, 0.3) is 22.2 Å². The van der Waals surface area contributed by atoms with Gasteiger partial charge in [-0.3, -0.25) is 9.78 Å². The first-order valence-corrected chi connectivity index (χ1v) is 9.14. The predicted molar refractivity (Wildman–Crippen MR) is 109 cm³/mol. The quantitative estimate of drug-likeness (QED) is 0.523. The summed E-state index contributed by atoms with van der Waals surface area (Å²) in [5, 5.41) is 4.77. The van der Waals surface area contributed by atoms with Gasteiger partial charge in [0.15, 0.2) is 0 Å². The van der Waals surface area contributed by atoms with E-state index in [0.29, 0.717) is 22.8 Å². The van der Waals surface area contributed by atoms with Gasteiger partial charge in [0.1, 0.15) is 0 Å². The number of nitrogens with one attached hydrogen (secondary N) is 2. The number of fused-ring (bicyclic) bond motifs is 1. The minimum Gasteiger partial charge on any atom is -0.361 e. The lowest BCUT2D eigenvalue weighted by atomic mass is 10.1. The lowest BCUT2D eigenvalue weighted by Crippen LogP contribution is -2.25. The van der Waals surface area contributed by atoms with E-state index in [4.69, 9.17) is 11.6 Å². The Hall–Kier alpha value is -3.11. The number of rotatable bonds is 5. The summed E-state index contributed by atoms with van der Waals surface area (Å²) in [5.41, 5.74) is 4.53. The maximum absolute atomic E-state index is 12.4. The number of nitrogens with zero attached hydrogens (tertiary/aromatic N) is 1. The molecule has 0 saturated heterocycles. The van der Waals surface area contributed by atoms with Gasteiger partial charge in [0, 0.05) is 41.0 Å². The minimum absolute atomic E-state index is 0.0893. The topological polar surface area (TPSA) is 57.8 Å². The first kappa shape index (κ1) is 17.3. The molecule has 4 aromatic rings. The molecule has 4 nitrogen and oxygen atoms in total. The standard InChI is InChI=1S/C22H18ClN3O/c23-19-5-3-12-24-21(19)15-7-9-16(10-8-15)22(27)25-13-11-17-14-26-20-6-2-1-4-18(17)20/h1-10,12,14,26H,11,13H2,(H,25,27). The Kier molecular flexibility index (Phi) is 4.90. The summed E-state index contributed by atoms with van der Waals surface area (Å²) >= 11 is 6.18. The molecule has 2 aromatic heterocycles. The van der Waals surface area contributed by atoms with Gasteiger partial charge < -0.3 is 10.3 Å². The van der Waals surface area contributed by atoms with Gasteiger partial charge in [-0.1, -0.05) is 41.9 Å². The molecule has 0 aliphatic carbocycles. The van der Waals surface area contributed by atoms with Gasteiger partial charge in [0.2, 0.25) is 0 Å². The molecule has 4 rings (SSSR count). The number of carbonyl (C=O) groups excluding carboxylic acids is 1. The van der Waals surface area contributed by atoms with Gasteiger partial charge in [0.05, 0.1) is 10.7 Å². The summed E-state index contributed by atoms with van der Waals surface area (Å²) in [5.74, 6) is -0.0893. The number of benzene rings is 2. The summed E-state index contributed by atoms with van der Waals surface area (Å²) < 4.78 is 0. The zero-order chi connectivity index (χ0) is 18.6. The molecule has 0 unspecified atom stereocenters. The van der Waals surface area contributed by atoms with E-state index in [0.717, 1.165) is 17.5 Å². The molecule has 0 atom stereocenters. The second kappa shape index (κ2) is 7.64. The molecule has 134 valence electrons. The van der Waals surface area contributed by atoms with E-state index in [1.165, 1.54) is 10.9 Å². The maximum Gasteiger partial charge on any atom is 0.251 e. The number of para-hydroxylation sites is 1. The smallest absolute Gasteiger partial charge is 0.251 e. The zero-order valence-corrected chi connectivity index (χ0v) is 15.3. The van der Waals surface area contributed by atoms with Gasteiger partial charge in [-0.15, -0.1) is 0 Å². The average Bonchev–Trinajstić information content (AvgIpc) is 3.12. The number of pyridine rings is 1. The highest BCUT2D eigenvalue weighted by Crippen LogP contribution is 2.25. The highest BCUT2D eigenvalue weighted by Gasteiger charge is 2.09. The van der Waals surface area contributed by atoms with Crippen molar-refractivity contribution in [3.05, 3.63) is 89.2 Å². The first-order chi connectivity index (χ1) is 13.2. The van der Waals surface area contributed by atoms with Gasteiger partial charge in [-0.2, -0.15) is 0 Å². The molecule has 0 fully saturated rings. The molecule has 27 heavy (non-hydrogen) atoms. The first-order valence-electron chi connectivity index (χ1n) is 8.76. The van der Waals surface area contributed by atoms with Crippen LogP contribution in [0.5, 0.6) is 0 Å². The molecule has 2 N–H and O–H groups in total. The van der Waals surface area contributed by atoms with E-state index in [-0.39, 0.29) is 5.91 Å². The van der Waals surface area contributed by atoms with E-state index < -0.39 is 0 Å². The van der Waals surface area contributed by atoms with Crippen molar-refractivity contribution < 1.29 is 4.79 Å². The van der Waals surface area contributed by atoms with Crippen LogP contribution in [0, 0.1) is 0 Å². The molecule has 0 saturated carbocycles. The van der Waals surface area contributed by atoms with Crippen LogP contribution in [0.1, 0.15) is 15.9 Å². The third-order valence-electron chi connectivity index (χ3n) is 4.53. The fourth-order valence-corrected chi connectivity index (χ4v) is 3.36. The van der Waals surface area contributed by atoms with Crippen molar-refractivity contribution in [1.29, 1.82) is 0 Å². The SMILES string of the molecule is O=C(NCCc1c[nH]c2ccccc12)c1ccc(-c2ncccc2Cl)cc1. The van der Waals surface area contributed by atoms with Crippen molar-refractivity contribution in [1.82, 2.24) is 15.3 Å². The van der Waals surface area contributed by atoms with E-state index in [2.05, 4.69) is 21.4 Å². The number of amides is 1. The Morgan fingerprint density at radius 1 is 1.04 bits per heavy atom. The Labute approximate surface area is 162 Å². The summed E-state index contributed by atoms with van der Waals surface area (Å²) in [7, 11) is 0. The number of hydrogen-bond donors (Lipinski definition) is 2. The van der Waals surface area contributed by atoms with Crippen LogP contribution in [-0.2, 0) is 6.42 Å². The van der Waals surface area contributed by atoms with Crippen LogP contribution in [0.2, 0.25) is 5.02 Å². The molecule has 0 radical (unpaired) electrons. The van der Waals surface area contributed by atoms with E-state index in [1.807, 2.05) is 36.5 Å². The van der Waals surface area contributed by atoms with Crippen LogP contribution < -0.4 is 5.32 Å². The average molecular weight is 376 g/mol. The third kappa shape index (κ3) is 3.71. The summed E-state index contributed by atoms with van der Waals surface area (Å²) in [6.45, 7) is 0.578. The molecule has 5 heteroatoms. The predicted octanol–water partition coefficient (Wildman–Crippen LogP) is 4.86.